The first kappa shape index (κ1) is 19.1. The van der Waals surface area contributed by atoms with E-state index < -0.39 is 18.6 Å². The van der Waals surface area contributed by atoms with Crippen molar-refractivity contribution >= 4 is 23.3 Å². The van der Waals surface area contributed by atoms with Crippen molar-refractivity contribution in [2.75, 3.05) is 13.2 Å². The number of hydrogen-bond acceptors (Lipinski definition) is 4. The quantitative estimate of drug-likeness (QED) is 0.612. The summed E-state index contributed by atoms with van der Waals surface area (Å²) >= 11 is 5.36. The predicted octanol–water partition coefficient (Wildman–Crippen LogP) is 3.38. The standard InChI is InChI=1S/C17H20F2N2O3S/c1-4-21-10(3)13(15(22)23-5-2)14(20-17(21)25)11-8-6-7-9-12(11)24-16(18)19/h6-9,14,16H,4-5H2,1-3H3,(H,20,25). The number of halogens is 2. The first-order chi connectivity index (χ1) is 11.9. The topological polar surface area (TPSA) is 50.8 Å². The number of rotatable bonds is 6. The van der Waals surface area contributed by atoms with Crippen LogP contribution in [0.5, 0.6) is 5.75 Å². The molecule has 1 aromatic rings. The fraction of sp³-hybridized carbons (Fsp3) is 0.412. The van der Waals surface area contributed by atoms with Crippen LogP contribution in [-0.2, 0) is 9.53 Å². The van der Waals surface area contributed by atoms with E-state index in [2.05, 4.69) is 10.1 Å². The van der Waals surface area contributed by atoms with Crippen molar-refractivity contribution in [1.82, 2.24) is 10.2 Å². The minimum Gasteiger partial charge on any atom is -0.463 e. The lowest BCUT2D eigenvalue weighted by atomic mass is 9.94. The fourth-order valence-corrected chi connectivity index (χ4v) is 3.17. The molecule has 1 aromatic carbocycles. The van der Waals surface area contributed by atoms with Crippen LogP contribution < -0.4 is 10.1 Å². The summed E-state index contributed by atoms with van der Waals surface area (Å²) in [6, 6.07) is 5.58. The van der Waals surface area contributed by atoms with Gasteiger partial charge in [0, 0.05) is 17.8 Å². The van der Waals surface area contributed by atoms with Crippen LogP contribution in [0.25, 0.3) is 0 Å². The summed E-state index contributed by atoms with van der Waals surface area (Å²) in [5.74, 6) is -0.539. The number of carbonyl (C=O) groups is 1. The lowest BCUT2D eigenvalue weighted by molar-refractivity contribution is -0.139. The highest BCUT2D eigenvalue weighted by Gasteiger charge is 2.35. The molecule has 0 spiro atoms. The van der Waals surface area contributed by atoms with Gasteiger partial charge in [-0.25, -0.2) is 4.79 Å². The summed E-state index contributed by atoms with van der Waals surface area (Å²) in [4.78, 5) is 14.3. The van der Waals surface area contributed by atoms with Gasteiger partial charge in [0.25, 0.3) is 0 Å². The van der Waals surface area contributed by atoms with Crippen LogP contribution >= 0.6 is 12.2 Å². The van der Waals surface area contributed by atoms with Crippen molar-refractivity contribution in [3.8, 4) is 5.75 Å². The van der Waals surface area contributed by atoms with Crippen LogP contribution in [0.15, 0.2) is 35.5 Å². The highest BCUT2D eigenvalue weighted by atomic mass is 32.1. The molecule has 0 saturated carbocycles. The average molecular weight is 370 g/mol. The molecule has 1 N–H and O–H groups in total. The zero-order valence-corrected chi connectivity index (χ0v) is 15.0. The van der Waals surface area contributed by atoms with Gasteiger partial charge in [0.1, 0.15) is 5.75 Å². The third kappa shape index (κ3) is 4.07. The molecule has 2 rings (SSSR count). The van der Waals surface area contributed by atoms with Crippen LogP contribution in [0.1, 0.15) is 32.4 Å². The van der Waals surface area contributed by atoms with Crippen molar-refractivity contribution in [3.63, 3.8) is 0 Å². The van der Waals surface area contributed by atoms with Gasteiger partial charge in [-0.05, 0) is 39.1 Å². The summed E-state index contributed by atoms with van der Waals surface area (Å²) in [6.45, 7) is 3.15. The van der Waals surface area contributed by atoms with E-state index in [-0.39, 0.29) is 12.4 Å². The average Bonchev–Trinajstić information content (AvgIpc) is 2.54. The number of nitrogens with one attached hydrogen (secondary N) is 1. The van der Waals surface area contributed by atoms with Gasteiger partial charge in [-0.3, -0.25) is 0 Å². The van der Waals surface area contributed by atoms with E-state index in [0.717, 1.165) is 0 Å². The number of nitrogens with zero attached hydrogens (tertiary/aromatic N) is 1. The maximum atomic E-state index is 12.7. The molecule has 1 aliphatic rings. The normalized spacial score (nSPS) is 17.6. The Morgan fingerprint density at radius 2 is 2.04 bits per heavy atom. The molecule has 1 heterocycles. The SMILES string of the molecule is CCOC(=O)C1=C(C)N(CC)C(=S)NC1c1ccccc1OC(F)F. The summed E-state index contributed by atoms with van der Waals surface area (Å²) in [5, 5.41) is 3.45. The Balaban J connectivity index is 2.56. The van der Waals surface area contributed by atoms with Gasteiger partial charge in [-0.1, -0.05) is 18.2 Å². The second kappa shape index (κ2) is 8.24. The third-order valence-electron chi connectivity index (χ3n) is 3.85. The smallest absolute Gasteiger partial charge is 0.387 e. The number of alkyl halides is 2. The first-order valence-electron chi connectivity index (χ1n) is 7.90. The molecule has 8 heteroatoms. The molecule has 0 bridgehead atoms. The minimum absolute atomic E-state index is 0.0163. The van der Waals surface area contributed by atoms with Gasteiger partial charge in [0.15, 0.2) is 5.11 Å². The molecule has 1 atom stereocenters. The van der Waals surface area contributed by atoms with E-state index in [1.807, 2.05) is 6.92 Å². The monoisotopic (exact) mass is 370 g/mol. The second-order valence-corrected chi connectivity index (χ2v) is 5.65. The van der Waals surface area contributed by atoms with Crippen molar-refractivity contribution in [1.29, 1.82) is 0 Å². The Labute approximate surface area is 150 Å². The molecule has 0 aliphatic carbocycles. The minimum atomic E-state index is -2.97. The van der Waals surface area contributed by atoms with Crippen molar-refractivity contribution < 1.29 is 23.0 Å². The number of esters is 1. The van der Waals surface area contributed by atoms with Gasteiger partial charge in [-0.2, -0.15) is 8.78 Å². The molecule has 1 unspecified atom stereocenters. The Kier molecular flexibility index (Phi) is 6.30. The van der Waals surface area contributed by atoms with Crippen LogP contribution in [-0.4, -0.2) is 35.7 Å². The molecule has 25 heavy (non-hydrogen) atoms. The molecule has 0 radical (unpaired) electrons. The Morgan fingerprint density at radius 1 is 1.36 bits per heavy atom. The van der Waals surface area contributed by atoms with Gasteiger partial charge < -0.3 is 19.7 Å². The zero-order chi connectivity index (χ0) is 18.6. The third-order valence-corrected chi connectivity index (χ3v) is 4.19. The Morgan fingerprint density at radius 3 is 2.64 bits per heavy atom. The van der Waals surface area contributed by atoms with Crippen LogP contribution in [0.2, 0.25) is 0 Å². The molecule has 0 fully saturated rings. The number of carbonyl (C=O) groups excluding carboxylic acids is 1. The highest BCUT2D eigenvalue weighted by molar-refractivity contribution is 7.80. The van der Waals surface area contributed by atoms with Gasteiger partial charge in [-0.15, -0.1) is 0 Å². The molecule has 0 amide bonds. The summed E-state index contributed by atoms with van der Waals surface area (Å²) in [5.41, 5.74) is 1.34. The first-order valence-corrected chi connectivity index (χ1v) is 8.31. The molecule has 5 nitrogen and oxygen atoms in total. The second-order valence-electron chi connectivity index (χ2n) is 5.26. The van der Waals surface area contributed by atoms with Gasteiger partial charge in [0.05, 0.1) is 18.2 Å². The summed E-state index contributed by atoms with van der Waals surface area (Å²) < 4.78 is 35.2. The number of para-hydroxylation sites is 1. The van der Waals surface area contributed by atoms with Crippen molar-refractivity contribution in [2.24, 2.45) is 0 Å². The van der Waals surface area contributed by atoms with E-state index in [1.165, 1.54) is 6.07 Å². The van der Waals surface area contributed by atoms with E-state index >= 15 is 0 Å². The molecular formula is C17H20F2N2O3S. The molecular weight excluding hydrogens is 350 g/mol. The molecule has 0 aromatic heterocycles. The Hall–Kier alpha value is -2.22. The molecule has 1 aliphatic heterocycles. The number of hydrogen-bond donors (Lipinski definition) is 1. The number of thiocarbonyl (C=S) groups is 1. The summed E-state index contributed by atoms with van der Waals surface area (Å²) in [7, 11) is 0. The highest BCUT2D eigenvalue weighted by Crippen LogP contribution is 2.36. The van der Waals surface area contributed by atoms with Crippen molar-refractivity contribution in [2.45, 2.75) is 33.4 Å². The number of benzene rings is 1. The molecule has 0 saturated heterocycles. The van der Waals surface area contributed by atoms with E-state index in [4.69, 9.17) is 17.0 Å². The largest absolute Gasteiger partial charge is 0.463 e. The van der Waals surface area contributed by atoms with Crippen LogP contribution in [0, 0.1) is 0 Å². The van der Waals surface area contributed by atoms with E-state index in [9.17, 15) is 13.6 Å². The number of ether oxygens (including phenoxy) is 2. The zero-order valence-electron chi connectivity index (χ0n) is 14.2. The van der Waals surface area contributed by atoms with E-state index in [0.29, 0.717) is 28.5 Å². The van der Waals surface area contributed by atoms with Gasteiger partial charge >= 0.3 is 12.6 Å². The fourth-order valence-electron chi connectivity index (χ4n) is 2.79. The lowest BCUT2D eigenvalue weighted by Gasteiger charge is -2.37. The van der Waals surface area contributed by atoms with E-state index in [1.54, 1.807) is 36.9 Å². The molecule has 136 valence electrons. The maximum absolute atomic E-state index is 12.7. The van der Waals surface area contributed by atoms with Gasteiger partial charge in [0.2, 0.25) is 0 Å². The maximum Gasteiger partial charge on any atom is 0.387 e. The van der Waals surface area contributed by atoms with Crippen LogP contribution in [0.4, 0.5) is 8.78 Å². The van der Waals surface area contributed by atoms with Crippen LogP contribution in [0.3, 0.4) is 0 Å². The predicted molar refractivity (Wildman–Crippen MR) is 93.3 cm³/mol. The number of allylic oxidation sites excluding steroid dienone is 1. The summed E-state index contributed by atoms with van der Waals surface area (Å²) in [6.07, 6.45) is 0. The van der Waals surface area contributed by atoms with Crippen molar-refractivity contribution in [3.05, 3.63) is 41.1 Å². The Bertz CT molecular complexity index is 694. The lowest BCUT2D eigenvalue weighted by Crippen LogP contribution is -2.47.